The first-order valence-corrected chi connectivity index (χ1v) is 4.54. The number of hydrogen-bond donors (Lipinski definition) is 0. The molecule has 106 valence electrons. The van der Waals surface area contributed by atoms with Gasteiger partial charge in [0.1, 0.15) is 5.75 Å². The van der Waals surface area contributed by atoms with Crippen molar-refractivity contribution in [3.63, 3.8) is 0 Å². The number of carbonyl (C=O) groups is 1. The molecule has 19 heavy (non-hydrogen) atoms. The number of ketones is 1. The normalized spacial score (nSPS) is 12.4. The molecule has 1 aromatic carbocycles. The number of benzene rings is 1. The molecule has 0 aliphatic rings. The summed E-state index contributed by atoms with van der Waals surface area (Å²) in [5.41, 5.74) is -1.40. The van der Waals surface area contributed by atoms with Crippen LogP contribution < -0.4 is 4.74 Å². The molecule has 0 fully saturated rings. The summed E-state index contributed by atoms with van der Waals surface area (Å²) in [4.78, 5) is 11.1. The van der Waals surface area contributed by atoms with Crippen LogP contribution in [0.15, 0.2) is 12.1 Å². The van der Waals surface area contributed by atoms with Gasteiger partial charge in [-0.3, -0.25) is 4.79 Å². The number of rotatable bonds is 3. The number of ether oxygens (including phenoxy) is 1. The van der Waals surface area contributed by atoms with Crippen LogP contribution in [0.25, 0.3) is 0 Å². The second-order valence-electron chi connectivity index (χ2n) is 3.37. The minimum Gasteiger partial charge on any atom is -0.496 e. The summed E-state index contributed by atoms with van der Waals surface area (Å²) in [6.07, 6.45) is -6.15. The van der Waals surface area contributed by atoms with Crippen molar-refractivity contribution in [2.45, 2.75) is 12.1 Å². The molecule has 0 amide bonds. The van der Waals surface area contributed by atoms with E-state index >= 15 is 0 Å². The summed E-state index contributed by atoms with van der Waals surface area (Å²) in [5.74, 6) is -12.7. The smallest absolute Gasteiger partial charge is 0.461 e. The molecule has 0 heterocycles. The zero-order chi connectivity index (χ0) is 15.0. The van der Waals surface area contributed by atoms with Crippen LogP contribution >= 0.6 is 0 Å². The van der Waals surface area contributed by atoms with Gasteiger partial charge in [0.2, 0.25) is 5.78 Å². The zero-order valence-corrected chi connectivity index (χ0v) is 9.12. The summed E-state index contributed by atoms with van der Waals surface area (Å²) < 4.78 is 91.5. The molecule has 0 radical (unpaired) electrons. The van der Waals surface area contributed by atoms with Gasteiger partial charge >= 0.3 is 12.1 Å². The predicted octanol–water partition coefficient (Wildman–Crippen LogP) is 3.35. The summed E-state index contributed by atoms with van der Waals surface area (Å²) >= 11 is 0. The Kier molecular flexibility index (Phi) is 3.78. The van der Waals surface area contributed by atoms with Crippen LogP contribution in [-0.2, 0) is 0 Å². The fraction of sp³-hybridized carbons (Fsp3) is 0.300. The van der Waals surface area contributed by atoms with E-state index in [0.717, 1.165) is 7.11 Å². The van der Waals surface area contributed by atoms with Crippen molar-refractivity contribution in [3.8, 4) is 5.75 Å². The molecule has 0 aliphatic heterocycles. The van der Waals surface area contributed by atoms with Crippen LogP contribution in [-0.4, -0.2) is 25.0 Å². The van der Waals surface area contributed by atoms with Crippen molar-refractivity contribution in [1.29, 1.82) is 0 Å². The number of alkyl halides is 5. The van der Waals surface area contributed by atoms with Gasteiger partial charge in [-0.25, -0.2) is 8.78 Å². The number of Topliss-reactive ketones (excluding diaryl/α,β-unsaturated/α-hetero) is 1. The van der Waals surface area contributed by atoms with Crippen molar-refractivity contribution in [2.75, 3.05) is 7.11 Å². The average Bonchev–Trinajstić information content (AvgIpc) is 2.29. The molecule has 0 saturated carbocycles. The van der Waals surface area contributed by atoms with Crippen LogP contribution in [0, 0.1) is 11.6 Å². The first kappa shape index (κ1) is 15.3. The number of hydrogen-bond acceptors (Lipinski definition) is 2. The molecule has 2 nitrogen and oxygen atoms in total. The lowest BCUT2D eigenvalue weighted by atomic mass is 10.0. The van der Waals surface area contributed by atoms with Gasteiger partial charge in [-0.1, -0.05) is 0 Å². The van der Waals surface area contributed by atoms with Crippen LogP contribution in [0.1, 0.15) is 10.4 Å². The van der Waals surface area contributed by atoms with E-state index in [4.69, 9.17) is 0 Å². The van der Waals surface area contributed by atoms with Gasteiger partial charge in [0.25, 0.3) is 0 Å². The van der Waals surface area contributed by atoms with Crippen molar-refractivity contribution in [3.05, 3.63) is 29.3 Å². The van der Waals surface area contributed by atoms with Gasteiger partial charge in [-0.15, -0.1) is 0 Å². The first-order chi connectivity index (χ1) is 8.52. The Bertz CT molecular complexity index is 507. The molecule has 0 saturated heterocycles. The molecule has 0 N–H and O–H groups in total. The van der Waals surface area contributed by atoms with Gasteiger partial charge in [0.15, 0.2) is 11.6 Å². The van der Waals surface area contributed by atoms with E-state index in [1.165, 1.54) is 0 Å². The van der Waals surface area contributed by atoms with E-state index in [9.17, 15) is 35.5 Å². The quantitative estimate of drug-likeness (QED) is 0.630. The van der Waals surface area contributed by atoms with Crippen molar-refractivity contribution in [2.24, 2.45) is 0 Å². The Morgan fingerprint density at radius 1 is 1.05 bits per heavy atom. The van der Waals surface area contributed by atoms with Crippen molar-refractivity contribution in [1.82, 2.24) is 0 Å². The molecule has 0 spiro atoms. The summed E-state index contributed by atoms with van der Waals surface area (Å²) in [6, 6.07) is 0.130. The predicted molar refractivity (Wildman–Crippen MR) is 48.2 cm³/mol. The third-order valence-corrected chi connectivity index (χ3v) is 2.13. The summed E-state index contributed by atoms with van der Waals surface area (Å²) in [7, 11) is 0.801. The Labute approximate surface area is 101 Å². The van der Waals surface area contributed by atoms with E-state index < -0.39 is 40.8 Å². The maximum absolute atomic E-state index is 12.8. The Morgan fingerprint density at radius 2 is 1.53 bits per heavy atom. The van der Waals surface area contributed by atoms with Gasteiger partial charge in [-0.05, 0) is 6.07 Å². The lowest BCUT2D eigenvalue weighted by Gasteiger charge is -2.19. The maximum atomic E-state index is 12.8. The minimum atomic E-state index is -6.15. The molecule has 0 unspecified atom stereocenters. The maximum Gasteiger partial charge on any atom is 0.461 e. The van der Waals surface area contributed by atoms with E-state index in [-0.39, 0.29) is 12.1 Å². The standard InChI is InChI=1S/C10H5F7O2/c1-19-7-3-6(12)5(11)2-4(7)8(18)9(13,14)10(15,16)17/h2-3H,1H3. The highest BCUT2D eigenvalue weighted by Gasteiger charge is 2.63. The number of methoxy groups -OCH3 is 1. The molecular weight excluding hydrogens is 285 g/mol. The van der Waals surface area contributed by atoms with E-state index in [1.54, 1.807) is 0 Å². The molecule has 0 bridgehead atoms. The molecule has 0 aliphatic carbocycles. The molecule has 9 heteroatoms. The average molecular weight is 290 g/mol. The van der Waals surface area contributed by atoms with Gasteiger partial charge in [-0.2, -0.15) is 22.0 Å². The van der Waals surface area contributed by atoms with E-state index in [1.807, 2.05) is 0 Å². The minimum absolute atomic E-state index is 0.0733. The monoisotopic (exact) mass is 290 g/mol. The lowest BCUT2D eigenvalue weighted by molar-refractivity contribution is -0.255. The van der Waals surface area contributed by atoms with Crippen LogP contribution in [0.3, 0.4) is 0 Å². The second kappa shape index (κ2) is 4.71. The highest BCUT2D eigenvalue weighted by Crippen LogP contribution is 2.39. The second-order valence-corrected chi connectivity index (χ2v) is 3.37. The Hall–Kier alpha value is -1.80. The lowest BCUT2D eigenvalue weighted by Crippen LogP contribution is -2.44. The Balaban J connectivity index is 3.39. The third kappa shape index (κ3) is 2.64. The van der Waals surface area contributed by atoms with Gasteiger partial charge < -0.3 is 4.74 Å². The highest BCUT2D eigenvalue weighted by molar-refractivity contribution is 6.04. The van der Waals surface area contributed by atoms with Gasteiger partial charge in [0, 0.05) is 6.07 Å². The summed E-state index contributed by atoms with van der Waals surface area (Å²) in [6.45, 7) is 0. The fourth-order valence-corrected chi connectivity index (χ4v) is 1.17. The molecule has 0 aromatic heterocycles. The topological polar surface area (TPSA) is 26.3 Å². The van der Waals surface area contributed by atoms with Crippen LogP contribution in [0.2, 0.25) is 0 Å². The van der Waals surface area contributed by atoms with Crippen molar-refractivity contribution >= 4 is 5.78 Å². The third-order valence-electron chi connectivity index (χ3n) is 2.13. The fourth-order valence-electron chi connectivity index (χ4n) is 1.17. The van der Waals surface area contributed by atoms with Crippen molar-refractivity contribution < 1.29 is 40.3 Å². The van der Waals surface area contributed by atoms with Crippen LogP contribution in [0.5, 0.6) is 5.75 Å². The van der Waals surface area contributed by atoms with Crippen LogP contribution in [0.4, 0.5) is 30.7 Å². The first-order valence-electron chi connectivity index (χ1n) is 4.54. The van der Waals surface area contributed by atoms with Gasteiger partial charge in [0.05, 0.1) is 12.7 Å². The Morgan fingerprint density at radius 3 is 1.95 bits per heavy atom. The van der Waals surface area contributed by atoms with E-state index in [0.29, 0.717) is 0 Å². The number of carbonyl (C=O) groups excluding carboxylic acids is 1. The SMILES string of the molecule is COc1cc(F)c(F)cc1C(=O)C(F)(F)C(F)(F)F. The highest BCUT2D eigenvalue weighted by atomic mass is 19.4. The molecule has 0 atom stereocenters. The number of halogens is 7. The molecular formula is C10H5F7O2. The molecule has 1 rings (SSSR count). The largest absolute Gasteiger partial charge is 0.496 e. The zero-order valence-electron chi connectivity index (χ0n) is 9.12. The van der Waals surface area contributed by atoms with E-state index in [2.05, 4.69) is 4.74 Å². The summed E-state index contributed by atoms with van der Waals surface area (Å²) in [5, 5.41) is 0. The molecule has 1 aromatic rings.